The van der Waals surface area contributed by atoms with E-state index >= 15 is 0 Å². The molecule has 1 saturated heterocycles. The van der Waals surface area contributed by atoms with Crippen LogP contribution in [0.25, 0.3) is 16.9 Å². The molecule has 0 spiro atoms. The van der Waals surface area contributed by atoms with Crippen LogP contribution in [0.2, 0.25) is 5.02 Å². The maximum atomic E-state index is 14.9. The number of hydrogen-bond donors (Lipinski definition) is 2. The highest BCUT2D eigenvalue weighted by atomic mass is 35.5. The van der Waals surface area contributed by atoms with Crippen molar-refractivity contribution in [3.05, 3.63) is 52.8 Å². The second-order valence-corrected chi connectivity index (χ2v) is 9.21. The molecule has 1 atom stereocenters. The molecule has 3 heterocycles. The van der Waals surface area contributed by atoms with Crippen molar-refractivity contribution in [3.8, 4) is 11.3 Å². The summed E-state index contributed by atoms with van der Waals surface area (Å²) in [5, 5.41) is 14.6. The first-order valence-corrected chi connectivity index (χ1v) is 11.2. The zero-order chi connectivity index (χ0) is 23.2. The second kappa shape index (κ2) is 8.28. The quantitative estimate of drug-likeness (QED) is 0.583. The number of benzene rings is 1. The van der Waals surface area contributed by atoms with Crippen LogP contribution in [-0.4, -0.2) is 59.7 Å². The van der Waals surface area contributed by atoms with Crippen LogP contribution >= 0.6 is 11.6 Å². The Bertz CT molecular complexity index is 1310. The Morgan fingerprint density at radius 1 is 1.31 bits per heavy atom. The first-order valence-electron chi connectivity index (χ1n) is 9.33. The van der Waals surface area contributed by atoms with Crippen LogP contribution < -0.4 is 5.14 Å². The van der Waals surface area contributed by atoms with Gasteiger partial charge in [-0.1, -0.05) is 11.6 Å². The fourth-order valence-electron chi connectivity index (χ4n) is 3.64. The van der Waals surface area contributed by atoms with E-state index in [9.17, 15) is 27.1 Å². The Kier molecular flexibility index (Phi) is 5.79. The molecule has 1 fully saturated rings. The number of fused-ring (bicyclic) bond motifs is 1. The summed E-state index contributed by atoms with van der Waals surface area (Å²) in [6.45, 7) is 0.436. The normalized spacial score (nSPS) is 17.1. The van der Waals surface area contributed by atoms with Gasteiger partial charge in [-0.2, -0.15) is 0 Å². The summed E-state index contributed by atoms with van der Waals surface area (Å²) in [4.78, 5) is 16.1. The van der Waals surface area contributed by atoms with Crippen molar-refractivity contribution in [2.45, 2.75) is 17.4 Å². The number of pyridine rings is 1. The van der Waals surface area contributed by atoms with Crippen LogP contribution in [0.1, 0.15) is 5.69 Å². The van der Waals surface area contributed by atoms with E-state index in [4.69, 9.17) is 21.5 Å². The van der Waals surface area contributed by atoms with Crippen molar-refractivity contribution in [3.63, 3.8) is 0 Å². The zero-order valence-corrected chi connectivity index (χ0v) is 17.9. The molecule has 0 saturated carbocycles. The lowest BCUT2D eigenvalue weighted by Gasteiger charge is -2.31. The lowest BCUT2D eigenvalue weighted by atomic mass is 10.0. The van der Waals surface area contributed by atoms with E-state index in [1.54, 1.807) is 16.7 Å². The van der Waals surface area contributed by atoms with Crippen molar-refractivity contribution in [1.82, 2.24) is 14.3 Å². The molecule has 4 rings (SSSR count). The van der Waals surface area contributed by atoms with Gasteiger partial charge in [-0.05, 0) is 18.2 Å². The molecule has 3 N–H and O–H groups in total. The first kappa shape index (κ1) is 22.4. The van der Waals surface area contributed by atoms with E-state index in [1.807, 2.05) is 0 Å². The minimum Gasteiger partial charge on any atom is -0.465 e. The van der Waals surface area contributed by atoms with E-state index in [2.05, 4.69) is 4.98 Å². The monoisotopic (exact) mass is 486 g/mol. The highest BCUT2D eigenvalue weighted by Gasteiger charge is 2.29. The minimum absolute atomic E-state index is 0.0604. The molecule has 9 nitrogen and oxygen atoms in total. The number of morpholine rings is 1. The first-order chi connectivity index (χ1) is 15.0. The second-order valence-electron chi connectivity index (χ2n) is 7.21. The summed E-state index contributed by atoms with van der Waals surface area (Å²) >= 11 is 6.03. The van der Waals surface area contributed by atoms with Crippen molar-refractivity contribution < 1.29 is 31.8 Å². The Morgan fingerprint density at radius 3 is 2.62 bits per heavy atom. The topological polar surface area (TPSA) is 127 Å². The summed E-state index contributed by atoms with van der Waals surface area (Å²) < 4.78 is 60.1. The van der Waals surface area contributed by atoms with E-state index in [0.29, 0.717) is 28.5 Å². The number of nitrogens with two attached hydrogens (primary N) is 1. The highest BCUT2D eigenvalue weighted by molar-refractivity contribution is 7.89. The Morgan fingerprint density at radius 2 is 2.00 bits per heavy atom. The minimum atomic E-state index is -4.33. The fourth-order valence-corrected chi connectivity index (χ4v) is 4.33. The van der Waals surface area contributed by atoms with Crippen molar-refractivity contribution in [1.29, 1.82) is 0 Å². The molecular formula is C19H17ClF2N4O5S. The summed E-state index contributed by atoms with van der Waals surface area (Å²) in [5.74, 6) is -2.33. The van der Waals surface area contributed by atoms with E-state index in [1.165, 1.54) is 11.0 Å². The van der Waals surface area contributed by atoms with Gasteiger partial charge in [0.05, 0.1) is 41.1 Å². The number of halogens is 3. The van der Waals surface area contributed by atoms with Gasteiger partial charge in [0, 0.05) is 30.3 Å². The zero-order valence-electron chi connectivity index (χ0n) is 16.3. The number of imidazole rings is 1. The smallest absolute Gasteiger partial charge is 0.407 e. The maximum Gasteiger partial charge on any atom is 0.407 e. The Balaban J connectivity index is 1.85. The third-order valence-corrected chi connectivity index (χ3v) is 6.23. The summed E-state index contributed by atoms with van der Waals surface area (Å²) in [6.07, 6.45) is -0.0452. The number of aromatic nitrogens is 2. The maximum absolute atomic E-state index is 14.9. The number of sulfonamides is 1. The average Bonchev–Trinajstić information content (AvgIpc) is 3.04. The van der Waals surface area contributed by atoms with Crippen LogP contribution in [0.4, 0.5) is 13.6 Å². The number of rotatable bonds is 4. The molecule has 0 unspecified atom stereocenters. The molecule has 3 aromatic rings. The number of primary sulfonamides is 1. The van der Waals surface area contributed by atoms with Gasteiger partial charge in [0.2, 0.25) is 10.0 Å². The predicted molar refractivity (Wildman–Crippen MR) is 110 cm³/mol. The fraction of sp³-hybridized carbons (Fsp3) is 0.263. The third kappa shape index (κ3) is 4.26. The third-order valence-electron chi connectivity index (χ3n) is 5.10. The van der Waals surface area contributed by atoms with Crippen LogP contribution in [0, 0.1) is 11.6 Å². The highest BCUT2D eigenvalue weighted by Crippen LogP contribution is 2.33. The van der Waals surface area contributed by atoms with Crippen LogP contribution in [0.3, 0.4) is 0 Å². The number of amides is 1. The summed E-state index contributed by atoms with van der Waals surface area (Å²) in [5.41, 5.74) is 0.00944. The largest absolute Gasteiger partial charge is 0.465 e. The Labute approximate surface area is 186 Å². The lowest BCUT2D eigenvalue weighted by Crippen LogP contribution is -2.45. The molecular weight excluding hydrogens is 470 g/mol. The molecule has 0 radical (unpaired) electrons. The Hall–Kier alpha value is -2.80. The van der Waals surface area contributed by atoms with Gasteiger partial charge in [0.25, 0.3) is 0 Å². The van der Waals surface area contributed by atoms with Gasteiger partial charge < -0.3 is 19.1 Å². The van der Waals surface area contributed by atoms with E-state index in [0.717, 1.165) is 0 Å². The van der Waals surface area contributed by atoms with E-state index in [-0.39, 0.29) is 31.8 Å². The molecule has 1 aromatic carbocycles. The van der Waals surface area contributed by atoms with Crippen molar-refractivity contribution >= 4 is 33.4 Å². The van der Waals surface area contributed by atoms with Gasteiger partial charge in [0.15, 0.2) is 0 Å². The summed E-state index contributed by atoms with van der Waals surface area (Å²) in [6, 6.07) is 4.30. The molecule has 32 heavy (non-hydrogen) atoms. The molecule has 1 amide bonds. The van der Waals surface area contributed by atoms with Crippen molar-refractivity contribution in [2.24, 2.45) is 5.14 Å². The van der Waals surface area contributed by atoms with Crippen LogP contribution in [-0.2, 0) is 21.2 Å². The molecule has 0 bridgehead atoms. The number of nitrogens with zero attached hydrogens (tertiary/aromatic N) is 3. The number of carbonyl (C=O) groups is 1. The average molecular weight is 487 g/mol. The standard InChI is InChI=1S/C19H17ClF2N4O5S/c20-10-1-2-26-15(6-11-9-25(19(27)28)3-4-31-11)18(24-16(26)5-10)17-13(21)7-12(8-14(17)22)32(23,29)30/h1-2,5,7-8,11H,3-4,6,9H2,(H,27,28)(H2,23,29,30)/t11-/m0/s1. The van der Waals surface area contributed by atoms with Gasteiger partial charge in [-0.25, -0.2) is 32.1 Å². The van der Waals surface area contributed by atoms with Crippen LogP contribution in [0.5, 0.6) is 0 Å². The molecule has 1 aliphatic heterocycles. The van der Waals surface area contributed by atoms with Gasteiger partial charge in [-0.15, -0.1) is 0 Å². The van der Waals surface area contributed by atoms with Gasteiger partial charge >= 0.3 is 6.09 Å². The summed E-state index contributed by atoms with van der Waals surface area (Å²) in [7, 11) is -4.33. The molecule has 13 heteroatoms. The molecule has 2 aromatic heterocycles. The number of carboxylic acid groups (broad SMARTS) is 1. The molecule has 0 aliphatic carbocycles. The molecule has 170 valence electrons. The van der Waals surface area contributed by atoms with Gasteiger partial charge in [0.1, 0.15) is 17.3 Å². The van der Waals surface area contributed by atoms with E-state index < -0.39 is 44.3 Å². The SMILES string of the molecule is NS(=O)(=O)c1cc(F)c(-c2nc3cc(Cl)ccn3c2C[C@H]2CN(C(=O)O)CCO2)c(F)c1. The van der Waals surface area contributed by atoms with Crippen molar-refractivity contribution in [2.75, 3.05) is 19.7 Å². The number of ether oxygens (including phenoxy) is 1. The lowest BCUT2D eigenvalue weighted by molar-refractivity contribution is -0.0214. The van der Waals surface area contributed by atoms with Gasteiger partial charge in [-0.3, -0.25) is 0 Å². The molecule has 1 aliphatic rings. The van der Waals surface area contributed by atoms with Crippen LogP contribution in [0.15, 0.2) is 35.4 Å². The number of hydrogen-bond acceptors (Lipinski definition) is 5. The predicted octanol–water partition coefficient (Wildman–Crippen LogP) is 2.50.